The van der Waals surface area contributed by atoms with E-state index in [1.165, 1.54) is 4.88 Å². The zero-order valence-corrected chi connectivity index (χ0v) is 14.1. The molecule has 3 N–H and O–H groups in total. The van der Waals surface area contributed by atoms with Gasteiger partial charge in [-0.1, -0.05) is 0 Å². The van der Waals surface area contributed by atoms with E-state index in [1.54, 1.807) is 23.6 Å². The van der Waals surface area contributed by atoms with Crippen LogP contribution in [-0.2, 0) is 23.1 Å². The average molecular weight is 327 g/mol. The van der Waals surface area contributed by atoms with Crippen LogP contribution in [0.15, 0.2) is 29.3 Å². The summed E-state index contributed by atoms with van der Waals surface area (Å²) in [6, 6.07) is 5.33. The summed E-state index contributed by atoms with van der Waals surface area (Å²) in [6.45, 7) is 6.83. The van der Waals surface area contributed by atoms with Gasteiger partial charge in [0.25, 0.3) is 0 Å². The van der Waals surface area contributed by atoms with Crippen molar-refractivity contribution >= 4 is 21.4 Å². The lowest BCUT2D eigenvalue weighted by Crippen LogP contribution is -2.26. The van der Waals surface area contributed by atoms with E-state index in [9.17, 15) is 8.42 Å². The zero-order valence-electron chi connectivity index (χ0n) is 12.5. The number of sulfonamides is 1. The predicted molar refractivity (Wildman–Crippen MR) is 85.8 cm³/mol. The van der Waals surface area contributed by atoms with Gasteiger partial charge in [-0.05, 0) is 39.0 Å². The first-order valence-corrected chi connectivity index (χ1v) is 9.15. The molecule has 1 unspecified atom stereocenters. The third-order valence-electron chi connectivity index (χ3n) is 3.34. The molecule has 0 spiro atoms. The largest absolute Gasteiger partial charge is 0.349 e. The van der Waals surface area contributed by atoms with Crippen LogP contribution in [0.5, 0.6) is 0 Å². The molecule has 21 heavy (non-hydrogen) atoms. The smallest absolute Gasteiger partial charge is 0.242 e. The lowest BCUT2D eigenvalue weighted by atomic mass is 10.3. The van der Waals surface area contributed by atoms with Gasteiger partial charge in [-0.2, -0.15) is 0 Å². The van der Waals surface area contributed by atoms with E-state index in [0.717, 1.165) is 10.6 Å². The molecule has 0 aliphatic heterocycles. The number of aryl methyl sites for hydroxylation is 2. The molecule has 2 heterocycles. The molecule has 0 amide bonds. The van der Waals surface area contributed by atoms with Gasteiger partial charge >= 0.3 is 0 Å². The maximum absolute atomic E-state index is 12.5. The van der Waals surface area contributed by atoms with Gasteiger partial charge in [-0.3, -0.25) is 0 Å². The van der Waals surface area contributed by atoms with Crippen LogP contribution in [0.25, 0.3) is 0 Å². The summed E-state index contributed by atoms with van der Waals surface area (Å²) in [7, 11) is -3.54. The summed E-state index contributed by atoms with van der Waals surface area (Å²) in [6.07, 6.45) is 1.64. The number of thiophene rings is 1. The van der Waals surface area contributed by atoms with Crippen molar-refractivity contribution in [3.05, 3.63) is 39.8 Å². The molecular weight excluding hydrogens is 306 g/mol. The average Bonchev–Trinajstić information content (AvgIpc) is 3.03. The fourth-order valence-electron chi connectivity index (χ4n) is 2.18. The summed E-state index contributed by atoms with van der Waals surface area (Å²) < 4.78 is 29.5. The summed E-state index contributed by atoms with van der Waals surface area (Å²) >= 11 is 1.60. The number of hydrogen-bond donors (Lipinski definition) is 2. The summed E-state index contributed by atoms with van der Waals surface area (Å²) in [5.74, 6) is 0. The fraction of sp³-hybridized carbons (Fsp3) is 0.429. The molecule has 2 rings (SSSR count). The molecular formula is C14H21N3O2S2. The Bertz CT molecular complexity index is 695. The molecule has 0 aliphatic carbocycles. The molecule has 5 nitrogen and oxygen atoms in total. The van der Waals surface area contributed by atoms with Gasteiger partial charge in [0.1, 0.15) is 0 Å². The van der Waals surface area contributed by atoms with Gasteiger partial charge in [0.05, 0.1) is 10.9 Å². The maximum Gasteiger partial charge on any atom is 0.242 e. The van der Waals surface area contributed by atoms with Crippen LogP contribution in [0.1, 0.15) is 35.3 Å². The molecule has 0 saturated heterocycles. The first-order valence-electron chi connectivity index (χ1n) is 6.85. The second-order valence-corrected chi connectivity index (χ2v) is 7.98. The van der Waals surface area contributed by atoms with Crippen LogP contribution in [0.2, 0.25) is 0 Å². The second kappa shape index (κ2) is 6.31. The van der Waals surface area contributed by atoms with Gasteiger partial charge in [-0.15, -0.1) is 11.3 Å². The Hall–Kier alpha value is -1.15. The highest BCUT2D eigenvalue weighted by atomic mass is 32.2. The van der Waals surface area contributed by atoms with E-state index in [2.05, 4.69) is 4.72 Å². The molecule has 0 aliphatic rings. The Morgan fingerprint density at radius 3 is 2.62 bits per heavy atom. The number of aromatic nitrogens is 1. The summed E-state index contributed by atoms with van der Waals surface area (Å²) in [4.78, 5) is 2.44. The lowest BCUT2D eigenvalue weighted by Gasteiger charge is -2.11. The highest BCUT2D eigenvalue weighted by molar-refractivity contribution is 7.89. The number of rotatable bonds is 6. The molecule has 2 aromatic heterocycles. The van der Waals surface area contributed by atoms with Gasteiger partial charge in [0.2, 0.25) is 10.0 Å². The maximum atomic E-state index is 12.5. The molecule has 1 atom stereocenters. The van der Waals surface area contributed by atoms with E-state index in [-0.39, 0.29) is 10.9 Å². The minimum Gasteiger partial charge on any atom is -0.349 e. The van der Waals surface area contributed by atoms with Crippen LogP contribution >= 0.6 is 11.3 Å². The van der Waals surface area contributed by atoms with Crippen LogP contribution in [-0.4, -0.2) is 13.0 Å². The highest BCUT2D eigenvalue weighted by Gasteiger charge is 2.21. The number of nitrogens with zero attached hydrogens (tertiary/aromatic N) is 1. The summed E-state index contributed by atoms with van der Waals surface area (Å²) in [5.41, 5.74) is 6.46. The molecule has 2 aromatic rings. The van der Waals surface area contributed by atoms with Crippen LogP contribution < -0.4 is 10.5 Å². The van der Waals surface area contributed by atoms with Crippen molar-refractivity contribution in [2.75, 3.05) is 0 Å². The van der Waals surface area contributed by atoms with Gasteiger partial charge < -0.3 is 10.3 Å². The molecule has 0 fully saturated rings. The van der Waals surface area contributed by atoms with Crippen molar-refractivity contribution in [1.82, 2.24) is 9.29 Å². The third-order valence-corrected chi connectivity index (χ3v) is 6.03. The number of hydrogen-bond acceptors (Lipinski definition) is 4. The molecule has 0 saturated carbocycles. The standard InChI is InChI=1S/C14H21N3O2S2/c1-4-17-9-13(7-12(17)8-15)21(18,19)16-11(3)14-6-5-10(2)20-14/h5-7,9,11,16H,4,8,15H2,1-3H3. The van der Waals surface area contributed by atoms with Crippen LogP contribution in [0.3, 0.4) is 0 Å². The quantitative estimate of drug-likeness (QED) is 0.855. The first kappa shape index (κ1) is 16.2. The minimum atomic E-state index is -3.54. The van der Waals surface area contributed by atoms with Gasteiger partial charge in [0.15, 0.2) is 0 Å². The van der Waals surface area contributed by atoms with E-state index in [1.807, 2.05) is 37.5 Å². The van der Waals surface area contributed by atoms with Crippen LogP contribution in [0, 0.1) is 6.92 Å². The normalized spacial score (nSPS) is 13.5. The summed E-state index contributed by atoms with van der Waals surface area (Å²) in [5, 5.41) is 0. The van der Waals surface area contributed by atoms with Crippen molar-refractivity contribution in [1.29, 1.82) is 0 Å². The van der Waals surface area contributed by atoms with Crippen molar-refractivity contribution < 1.29 is 8.42 Å². The molecule has 116 valence electrons. The van der Waals surface area contributed by atoms with E-state index >= 15 is 0 Å². The highest BCUT2D eigenvalue weighted by Crippen LogP contribution is 2.24. The zero-order chi connectivity index (χ0) is 15.6. The molecule has 7 heteroatoms. The Kier molecular flexibility index (Phi) is 4.88. The van der Waals surface area contributed by atoms with Gasteiger partial charge in [-0.25, -0.2) is 13.1 Å². The number of nitrogens with one attached hydrogen (secondary N) is 1. The fourth-order valence-corrected chi connectivity index (χ4v) is 4.42. The van der Waals surface area contributed by atoms with E-state index < -0.39 is 10.0 Å². The Morgan fingerprint density at radius 1 is 1.43 bits per heavy atom. The SMILES string of the molecule is CCn1cc(S(=O)(=O)NC(C)c2ccc(C)s2)cc1CN. The van der Waals surface area contributed by atoms with Crippen LogP contribution in [0.4, 0.5) is 0 Å². The monoisotopic (exact) mass is 327 g/mol. The van der Waals surface area contributed by atoms with Crippen molar-refractivity contribution in [3.8, 4) is 0 Å². The molecule has 0 aromatic carbocycles. The number of nitrogens with two attached hydrogens (primary N) is 1. The van der Waals surface area contributed by atoms with E-state index in [0.29, 0.717) is 13.1 Å². The lowest BCUT2D eigenvalue weighted by molar-refractivity contribution is 0.568. The molecule has 0 radical (unpaired) electrons. The van der Waals surface area contributed by atoms with Gasteiger partial charge in [0, 0.05) is 34.7 Å². The van der Waals surface area contributed by atoms with Crippen molar-refractivity contribution in [2.24, 2.45) is 5.73 Å². The molecule has 0 bridgehead atoms. The predicted octanol–water partition coefficient (Wildman–Crippen LogP) is 2.38. The Labute approximate surface area is 129 Å². The third kappa shape index (κ3) is 3.55. The Morgan fingerprint density at radius 2 is 2.14 bits per heavy atom. The minimum absolute atomic E-state index is 0.250. The first-order chi connectivity index (χ1) is 9.87. The van der Waals surface area contributed by atoms with Crippen molar-refractivity contribution in [3.63, 3.8) is 0 Å². The van der Waals surface area contributed by atoms with Crippen molar-refractivity contribution in [2.45, 2.75) is 44.8 Å². The Balaban J connectivity index is 2.24. The van der Waals surface area contributed by atoms with E-state index in [4.69, 9.17) is 5.73 Å². The second-order valence-electron chi connectivity index (χ2n) is 4.95. The topological polar surface area (TPSA) is 77.1 Å².